The van der Waals surface area contributed by atoms with Crippen LogP contribution in [-0.4, -0.2) is 25.6 Å². The molecule has 1 rings (SSSR count). The normalized spacial score (nSPS) is 11.8. The van der Waals surface area contributed by atoms with Crippen molar-refractivity contribution in [2.45, 2.75) is 51.9 Å². The van der Waals surface area contributed by atoms with Crippen molar-refractivity contribution in [1.29, 1.82) is 0 Å². The van der Waals surface area contributed by atoms with Crippen LogP contribution in [0.3, 0.4) is 0 Å². The summed E-state index contributed by atoms with van der Waals surface area (Å²) in [6, 6.07) is 8.08. The maximum atomic E-state index is 11.0. The second-order valence-corrected chi connectivity index (χ2v) is 6.21. The lowest BCUT2D eigenvalue weighted by atomic mass is 10.1. The van der Waals surface area contributed by atoms with Gasteiger partial charge in [0.1, 0.15) is 5.75 Å². The van der Waals surface area contributed by atoms with E-state index in [4.69, 9.17) is 10.5 Å². The van der Waals surface area contributed by atoms with Gasteiger partial charge in [0.25, 0.3) is 0 Å². The standard InChI is InChI=1S/C19H29NO4/c1-15(11-12-18(20)21)14-24-17-9-6-8-16(13-17)7-4-3-5-10-19(22)23-2/h6,8-9,13,15H,3-5,7,10-12,14H2,1-2H3,(H2,20,21)/t15-/m0/s1. The highest BCUT2D eigenvalue weighted by Gasteiger charge is 2.06. The minimum absolute atomic E-state index is 0.143. The van der Waals surface area contributed by atoms with Crippen molar-refractivity contribution in [1.82, 2.24) is 0 Å². The summed E-state index contributed by atoms with van der Waals surface area (Å²) in [6.45, 7) is 2.63. The van der Waals surface area contributed by atoms with Crippen molar-refractivity contribution in [2.75, 3.05) is 13.7 Å². The van der Waals surface area contributed by atoms with Gasteiger partial charge < -0.3 is 15.2 Å². The predicted molar refractivity (Wildman–Crippen MR) is 93.7 cm³/mol. The molecule has 0 aliphatic carbocycles. The van der Waals surface area contributed by atoms with Crippen molar-refractivity contribution in [3.8, 4) is 5.75 Å². The van der Waals surface area contributed by atoms with E-state index in [2.05, 4.69) is 16.9 Å². The Kier molecular flexibility index (Phi) is 9.58. The topological polar surface area (TPSA) is 78.6 Å². The van der Waals surface area contributed by atoms with Gasteiger partial charge in [-0.2, -0.15) is 0 Å². The van der Waals surface area contributed by atoms with E-state index in [1.165, 1.54) is 12.7 Å². The maximum absolute atomic E-state index is 11.0. The van der Waals surface area contributed by atoms with Gasteiger partial charge in [-0.3, -0.25) is 9.59 Å². The zero-order chi connectivity index (χ0) is 17.8. The van der Waals surface area contributed by atoms with Crippen molar-refractivity contribution in [2.24, 2.45) is 11.7 Å². The van der Waals surface area contributed by atoms with Crippen molar-refractivity contribution >= 4 is 11.9 Å². The number of hydrogen-bond acceptors (Lipinski definition) is 4. The Balaban J connectivity index is 2.28. The Labute approximate surface area is 144 Å². The molecule has 0 aliphatic heterocycles. The van der Waals surface area contributed by atoms with Gasteiger partial charge in [-0.1, -0.05) is 25.5 Å². The number of unbranched alkanes of at least 4 members (excludes halogenated alkanes) is 2. The molecule has 1 amide bonds. The van der Waals surface area contributed by atoms with E-state index in [1.54, 1.807) is 0 Å². The molecule has 0 spiro atoms. The minimum atomic E-state index is -0.268. The van der Waals surface area contributed by atoms with Crippen LogP contribution in [0, 0.1) is 5.92 Å². The lowest BCUT2D eigenvalue weighted by Crippen LogP contribution is -2.15. The number of aryl methyl sites for hydroxylation is 1. The SMILES string of the molecule is COC(=O)CCCCCc1cccc(OC[C@@H](C)CCC(N)=O)c1. The molecule has 0 bridgehead atoms. The fourth-order valence-corrected chi connectivity index (χ4v) is 2.38. The molecule has 0 saturated heterocycles. The van der Waals surface area contributed by atoms with E-state index in [0.717, 1.165) is 37.9 Å². The first-order valence-corrected chi connectivity index (χ1v) is 8.58. The van der Waals surface area contributed by atoms with Gasteiger partial charge >= 0.3 is 5.97 Å². The number of amides is 1. The Morgan fingerprint density at radius 2 is 1.96 bits per heavy atom. The summed E-state index contributed by atoms with van der Waals surface area (Å²) in [4.78, 5) is 21.8. The Bertz CT molecular complexity index is 516. The smallest absolute Gasteiger partial charge is 0.305 e. The summed E-state index contributed by atoms with van der Waals surface area (Å²) in [5, 5.41) is 0. The first-order valence-electron chi connectivity index (χ1n) is 8.58. The van der Waals surface area contributed by atoms with E-state index in [9.17, 15) is 9.59 Å². The second kappa shape index (κ2) is 11.5. The number of primary amides is 1. The fraction of sp³-hybridized carbons (Fsp3) is 0.579. The molecule has 24 heavy (non-hydrogen) atoms. The lowest BCUT2D eigenvalue weighted by Gasteiger charge is -2.13. The Morgan fingerprint density at radius 3 is 2.67 bits per heavy atom. The van der Waals surface area contributed by atoms with Gasteiger partial charge in [0.05, 0.1) is 13.7 Å². The molecular formula is C19H29NO4. The number of carbonyl (C=O) groups is 2. The van der Waals surface area contributed by atoms with Crippen LogP contribution < -0.4 is 10.5 Å². The van der Waals surface area contributed by atoms with Crippen LogP contribution in [0.15, 0.2) is 24.3 Å². The summed E-state index contributed by atoms with van der Waals surface area (Å²) < 4.78 is 10.4. The molecule has 0 aliphatic rings. The number of nitrogens with two attached hydrogens (primary N) is 1. The predicted octanol–water partition coefficient (Wildman–Crippen LogP) is 3.24. The van der Waals surface area contributed by atoms with Gasteiger partial charge in [-0.15, -0.1) is 0 Å². The highest BCUT2D eigenvalue weighted by molar-refractivity contribution is 5.73. The molecule has 1 aromatic rings. The summed E-state index contributed by atoms with van der Waals surface area (Å²) in [7, 11) is 1.42. The average molecular weight is 335 g/mol. The van der Waals surface area contributed by atoms with Crippen molar-refractivity contribution < 1.29 is 19.1 Å². The summed E-state index contributed by atoms with van der Waals surface area (Å²) in [5.41, 5.74) is 6.39. The molecule has 2 N–H and O–H groups in total. The summed E-state index contributed by atoms with van der Waals surface area (Å²) in [6.07, 6.45) is 5.50. The van der Waals surface area contributed by atoms with Crippen LogP contribution >= 0.6 is 0 Å². The highest BCUT2D eigenvalue weighted by atomic mass is 16.5. The third kappa shape index (κ3) is 9.18. The molecule has 5 heteroatoms. The number of esters is 1. The van der Waals surface area contributed by atoms with Crippen LogP contribution in [-0.2, 0) is 20.7 Å². The van der Waals surface area contributed by atoms with Gasteiger partial charge in [-0.05, 0) is 49.3 Å². The number of ether oxygens (including phenoxy) is 2. The van der Waals surface area contributed by atoms with Crippen LogP contribution in [0.2, 0.25) is 0 Å². The maximum Gasteiger partial charge on any atom is 0.305 e. The first kappa shape index (κ1) is 20.0. The lowest BCUT2D eigenvalue weighted by molar-refractivity contribution is -0.140. The van der Waals surface area contributed by atoms with Crippen molar-refractivity contribution in [3.05, 3.63) is 29.8 Å². The zero-order valence-electron chi connectivity index (χ0n) is 14.8. The number of hydrogen-bond donors (Lipinski definition) is 1. The van der Waals surface area contributed by atoms with Gasteiger partial charge in [0.2, 0.25) is 5.91 Å². The molecule has 0 saturated carbocycles. The van der Waals surface area contributed by atoms with Gasteiger partial charge in [0.15, 0.2) is 0 Å². The van der Waals surface area contributed by atoms with Crippen LogP contribution in [0.1, 0.15) is 51.0 Å². The van der Waals surface area contributed by atoms with E-state index >= 15 is 0 Å². The molecule has 0 radical (unpaired) electrons. The third-order valence-electron chi connectivity index (χ3n) is 3.89. The Hall–Kier alpha value is -2.04. The van der Waals surface area contributed by atoms with E-state index in [1.807, 2.05) is 19.1 Å². The Morgan fingerprint density at radius 1 is 1.17 bits per heavy atom. The molecule has 134 valence electrons. The number of rotatable bonds is 12. The molecule has 5 nitrogen and oxygen atoms in total. The summed E-state index contributed by atoms with van der Waals surface area (Å²) in [5.74, 6) is 0.736. The molecule has 1 aromatic carbocycles. The monoisotopic (exact) mass is 335 g/mol. The fourth-order valence-electron chi connectivity index (χ4n) is 2.38. The van der Waals surface area contributed by atoms with E-state index in [0.29, 0.717) is 25.4 Å². The molecule has 0 fully saturated rings. The van der Waals surface area contributed by atoms with Crippen LogP contribution in [0.25, 0.3) is 0 Å². The van der Waals surface area contributed by atoms with E-state index in [-0.39, 0.29) is 11.9 Å². The van der Waals surface area contributed by atoms with Gasteiger partial charge in [0, 0.05) is 12.8 Å². The van der Waals surface area contributed by atoms with Crippen molar-refractivity contribution in [3.63, 3.8) is 0 Å². The zero-order valence-corrected chi connectivity index (χ0v) is 14.8. The molecule has 0 heterocycles. The summed E-state index contributed by atoms with van der Waals surface area (Å²) >= 11 is 0. The largest absolute Gasteiger partial charge is 0.493 e. The second-order valence-electron chi connectivity index (χ2n) is 6.21. The highest BCUT2D eigenvalue weighted by Crippen LogP contribution is 2.17. The van der Waals surface area contributed by atoms with Gasteiger partial charge in [-0.25, -0.2) is 0 Å². The average Bonchev–Trinajstić information content (AvgIpc) is 2.58. The van der Waals surface area contributed by atoms with E-state index < -0.39 is 0 Å². The number of methoxy groups -OCH3 is 1. The third-order valence-corrected chi connectivity index (χ3v) is 3.89. The number of carbonyl (C=O) groups excluding carboxylic acids is 2. The van der Waals surface area contributed by atoms with Crippen LogP contribution in [0.4, 0.5) is 0 Å². The molecular weight excluding hydrogens is 306 g/mol. The number of benzene rings is 1. The first-order chi connectivity index (χ1) is 11.5. The minimum Gasteiger partial charge on any atom is -0.493 e. The molecule has 1 atom stereocenters. The quantitative estimate of drug-likeness (QED) is 0.470. The van der Waals surface area contributed by atoms with Crippen LogP contribution in [0.5, 0.6) is 5.75 Å². The molecule has 0 aromatic heterocycles. The molecule has 0 unspecified atom stereocenters.